The van der Waals surface area contributed by atoms with Crippen molar-refractivity contribution in [3.05, 3.63) is 24.5 Å². The van der Waals surface area contributed by atoms with Gasteiger partial charge < -0.3 is 13.9 Å². The van der Waals surface area contributed by atoms with Gasteiger partial charge in [-0.3, -0.25) is 0 Å². The summed E-state index contributed by atoms with van der Waals surface area (Å²) in [4.78, 5) is 0. The number of hydrogen-bond donors (Lipinski definition) is 0. The highest BCUT2D eigenvalue weighted by molar-refractivity contribution is 6.62. The van der Waals surface area contributed by atoms with E-state index in [1.54, 1.807) is 0 Å². The van der Waals surface area contributed by atoms with Gasteiger partial charge in [0.1, 0.15) is 0 Å². The molecule has 0 amide bonds. The van der Waals surface area contributed by atoms with E-state index in [-0.39, 0.29) is 18.3 Å². The van der Waals surface area contributed by atoms with Crippen LogP contribution in [0.3, 0.4) is 0 Å². The van der Waals surface area contributed by atoms with Crippen LogP contribution in [-0.2, 0) is 15.9 Å². The summed E-state index contributed by atoms with van der Waals surface area (Å²) >= 11 is 0. The summed E-state index contributed by atoms with van der Waals surface area (Å²) in [7, 11) is -0.290. The van der Waals surface area contributed by atoms with E-state index < -0.39 is 0 Å². The van der Waals surface area contributed by atoms with Gasteiger partial charge in [-0.2, -0.15) is 0 Å². The minimum Gasteiger partial charge on any atom is -0.399 e. The topological polar surface area (TPSA) is 23.4 Å². The van der Waals surface area contributed by atoms with Gasteiger partial charge in [0.15, 0.2) is 0 Å². The molecule has 0 saturated carbocycles. The molecule has 4 heteroatoms. The average molecular weight is 247 g/mol. The number of rotatable bonds is 3. The lowest BCUT2D eigenvalue weighted by Gasteiger charge is -2.32. The Labute approximate surface area is 110 Å². The molecule has 1 aliphatic heterocycles. The van der Waals surface area contributed by atoms with Crippen LogP contribution in [-0.4, -0.2) is 22.9 Å². The van der Waals surface area contributed by atoms with Gasteiger partial charge in [0, 0.05) is 23.9 Å². The quantitative estimate of drug-likeness (QED) is 0.766. The van der Waals surface area contributed by atoms with Gasteiger partial charge in [-0.1, -0.05) is 6.58 Å². The predicted molar refractivity (Wildman–Crippen MR) is 75.9 cm³/mol. The minimum atomic E-state index is -0.291. The molecule has 0 unspecified atom stereocenters. The van der Waals surface area contributed by atoms with Crippen LogP contribution in [0.25, 0.3) is 6.08 Å². The molecular formula is C14H22BNO2. The smallest absolute Gasteiger partial charge is 0.399 e. The van der Waals surface area contributed by atoms with Crippen molar-refractivity contribution in [3.63, 3.8) is 0 Å². The summed E-state index contributed by atoms with van der Waals surface area (Å²) in [6, 6.07) is 2.08. The lowest BCUT2D eigenvalue weighted by Crippen LogP contribution is -2.41. The average Bonchev–Trinajstić information content (AvgIpc) is 2.78. The third-order valence-electron chi connectivity index (χ3n) is 4.03. The standard InChI is InChI=1S/C14H22BNO2/c1-7-12-9-11(10-16(12)8-2)15-17-13(3,4)14(5,6)18-15/h7,9-10H,1,8H2,2-6H3. The third kappa shape index (κ3) is 2.04. The zero-order valence-electron chi connectivity index (χ0n) is 12.0. The molecule has 0 atom stereocenters. The van der Waals surface area contributed by atoms with Crippen LogP contribution >= 0.6 is 0 Å². The lowest BCUT2D eigenvalue weighted by atomic mass is 9.81. The first kappa shape index (κ1) is 13.4. The molecule has 3 nitrogen and oxygen atoms in total. The highest BCUT2D eigenvalue weighted by Crippen LogP contribution is 2.36. The summed E-state index contributed by atoms with van der Waals surface area (Å²) in [6.45, 7) is 15.1. The fourth-order valence-electron chi connectivity index (χ4n) is 2.10. The van der Waals surface area contributed by atoms with Crippen molar-refractivity contribution < 1.29 is 9.31 Å². The SMILES string of the molecule is C=Cc1cc(B2OC(C)(C)C(C)(C)O2)cn1CC. The van der Waals surface area contributed by atoms with Gasteiger partial charge >= 0.3 is 7.12 Å². The van der Waals surface area contributed by atoms with Gasteiger partial charge in [-0.15, -0.1) is 0 Å². The number of hydrogen-bond acceptors (Lipinski definition) is 2. The zero-order valence-corrected chi connectivity index (χ0v) is 12.0. The Kier molecular flexibility index (Phi) is 3.20. The van der Waals surface area contributed by atoms with E-state index in [1.807, 2.05) is 6.08 Å². The predicted octanol–water partition coefficient (Wildman–Crippen LogP) is 2.45. The zero-order chi connectivity index (χ0) is 13.6. The molecule has 1 fully saturated rings. The molecule has 2 rings (SSSR count). The van der Waals surface area contributed by atoms with Crippen LogP contribution in [0.1, 0.15) is 40.3 Å². The van der Waals surface area contributed by atoms with Crippen molar-refractivity contribution in [1.29, 1.82) is 0 Å². The Morgan fingerprint density at radius 3 is 2.22 bits per heavy atom. The first-order valence-electron chi connectivity index (χ1n) is 6.49. The summed E-state index contributed by atoms with van der Waals surface area (Å²) in [6.07, 6.45) is 3.94. The minimum absolute atomic E-state index is 0.290. The van der Waals surface area contributed by atoms with Gasteiger partial charge in [0.2, 0.25) is 0 Å². The summed E-state index contributed by atoms with van der Waals surface area (Å²) < 4.78 is 14.2. The van der Waals surface area contributed by atoms with E-state index in [1.165, 1.54) is 0 Å². The van der Waals surface area contributed by atoms with Crippen molar-refractivity contribution >= 4 is 18.7 Å². The van der Waals surface area contributed by atoms with Crippen LogP contribution in [0.4, 0.5) is 0 Å². The van der Waals surface area contributed by atoms with Crippen molar-refractivity contribution in [2.24, 2.45) is 0 Å². The van der Waals surface area contributed by atoms with E-state index in [4.69, 9.17) is 9.31 Å². The molecule has 18 heavy (non-hydrogen) atoms. The summed E-state index contributed by atoms with van der Waals surface area (Å²) in [5.41, 5.74) is 1.58. The fraction of sp³-hybridized carbons (Fsp3) is 0.571. The number of nitrogens with zero attached hydrogens (tertiary/aromatic N) is 1. The van der Waals surface area contributed by atoms with Gasteiger partial charge in [0.05, 0.1) is 11.2 Å². The third-order valence-corrected chi connectivity index (χ3v) is 4.03. The van der Waals surface area contributed by atoms with Gasteiger partial charge in [0.25, 0.3) is 0 Å². The molecule has 0 radical (unpaired) electrons. The van der Waals surface area contributed by atoms with Gasteiger partial charge in [-0.05, 0) is 46.8 Å². The maximum atomic E-state index is 6.04. The Morgan fingerprint density at radius 2 is 1.83 bits per heavy atom. The maximum absolute atomic E-state index is 6.04. The fourth-order valence-corrected chi connectivity index (χ4v) is 2.10. The second kappa shape index (κ2) is 4.28. The van der Waals surface area contributed by atoms with Crippen LogP contribution in [0.15, 0.2) is 18.8 Å². The normalized spacial score (nSPS) is 21.3. The van der Waals surface area contributed by atoms with Crippen molar-refractivity contribution in [1.82, 2.24) is 4.57 Å². The molecule has 1 aromatic heterocycles. The molecular weight excluding hydrogens is 225 g/mol. The Morgan fingerprint density at radius 1 is 1.28 bits per heavy atom. The maximum Gasteiger partial charge on any atom is 0.496 e. The first-order chi connectivity index (χ1) is 8.30. The molecule has 0 spiro atoms. The van der Waals surface area contributed by atoms with Crippen molar-refractivity contribution in [3.8, 4) is 0 Å². The molecule has 0 N–H and O–H groups in total. The molecule has 2 heterocycles. The molecule has 0 bridgehead atoms. The second-order valence-electron chi connectivity index (χ2n) is 5.78. The first-order valence-corrected chi connectivity index (χ1v) is 6.49. The highest BCUT2D eigenvalue weighted by atomic mass is 16.7. The Bertz CT molecular complexity index is 446. The molecule has 0 aromatic carbocycles. The molecule has 1 aromatic rings. The largest absolute Gasteiger partial charge is 0.496 e. The van der Waals surface area contributed by atoms with Crippen molar-refractivity contribution in [2.45, 2.75) is 52.4 Å². The van der Waals surface area contributed by atoms with E-state index in [9.17, 15) is 0 Å². The molecule has 1 aliphatic rings. The van der Waals surface area contributed by atoms with Crippen LogP contribution in [0.2, 0.25) is 0 Å². The lowest BCUT2D eigenvalue weighted by molar-refractivity contribution is 0.00578. The number of aromatic nitrogens is 1. The second-order valence-corrected chi connectivity index (χ2v) is 5.78. The van der Waals surface area contributed by atoms with Crippen LogP contribution < -0.4 is 5.46 Å². The van der Waals surface area contributed by atoms with Crippen LogP contribution in [0, 0.1) is 0 Å². The Hall–Kier alpha value is -0.995. The summed E-state index contributed by atoms with van der Waals surface area (Å²) in [5.74, 6) is 0. The molecule has 98 valence electrons. The monoisotopic (exact) mass is 247 g/mol. The number of aryl methyl sites for hydroxylation is 1. The highest BCUT2D eigenvalue weighted by Gasteiger charge is 2.51. The Balaban J connectivity index is 2.29. The van der Waals surface area contributed by atoms with E-state index in [0.29, 0.717) is 0 Å². The molecule has 1 saturated heterocycles. The van der Waals surface area contributed by atoms with E-state index >= 15 is 0 Å². The van der Waals surface area contributed by atoms with Crippen LogP contribution in [0.5, 0.6) is 0 Å². The van der Waals surface area contributed by atoms with Gasteiger partial charge in [-0.25, -0.2) is 0 Å². The van der Waals surface area contributed by atoms with E-state index in [0.717, 1.165) is 17.7 Å². The molecule has 0 aliphatic carbocycles. The summed E-state index contributed by atoms with van der Waals surface area (Å²) in [5, 5.41) is 0. The van der Waals surface area contributed by atoms with E-state index in [2.05, 4.69) is 58.0 Å². The van der Waals surface area contributed by atoms with Crippen molar-refractivity contribution in [2.75, 3.05) is 0 Å².